The Hall–Kier alpha value is -1.25. The molecular weight excluding hydrogens is 266 g/mol. The summed E-state index contributed by atoms with van der Waals surface area (Å²) in [6.07, 6.45) is 4.80. The van der Waals surface area contributed by atoms with E-state index in [4.69, 9.17) is 5.73 Å². The van der Waals surface area contributed by atoms with E-state index in [1.54, 1.807) is 0 Å². The second-order valence-electron chi connectivity index (χ2n) is 4.81. The molecule has 0 amide bonds. The molecule has 1 atom stereocenters. The lowest BCUT2D eigenvalue weighted by Crippen LogP contribution is -2.41. The van der Waals surface area contributed by atoms with Gasteiger partial charge in [0.05, 0.1) is 12.4 Å². The first kappa shape index (κ1) is 14.2. The zero-order chi connectivity index (χ0) is 13.9. The van der Waals surface area contributed by atoms with Crippen LogP contribution in [0.5, 0.6) is 0 Å². The first-order valence-corrected chi connectivity index (χ1v) is 7.78. The number of nitrogens with two attached hydrogens (primary N) is 1. The molecule has 0 spiro atoms. The summed E-state index contributed by atoms with van der Waals surface area (Å²) in [4.78, 5) is 9.68. The van der Waals surface area contributed by atoms with Crippen LogP contribution in [0, 0.1) is 0 Å². The van der Waals surface area contributed by atoms with Gasteiger partial charge in [0.2, 0.25) is 16.0 Å². The van der Waals surface area contributed by atoms with Gasteiger partial charge in [-0.2, -0.15) is 0 Å². The summed E-state index contributed by atoms with van der Waals surface area (Å²) in [6.45, 7) is 4.65. The molecule has 1 aliphatic heterocycles. The van der Waals surface area contributed by atoms with Crippen LogP contribution >= 0.6 is 0 Å². The van der Waals surface area contributed by atoms with Crippen molar-refractivity contribution in [3.05, 3.63) is 12.4 Å². The van der Waals surface area contributed by atoms with Crippen molar-refractivity contribution in [2.75, 3.05) is 25.4 Å². The molecule has 8 heteroatoms. The van der Waals surface area contributed by atoms with Crippen LogP contribution < -0.4 is 10.5 Å². The molecule has 1 aliphatic rings. The Labute approximate surface area is 113 Å². The fourth-order valence-electron chi connectivity index (χ4n) is 2.19. The van der Waals surface area contributed by atoms with Crippen LogP contribution in [-0.2, 0) is 10.0 Å². The largest absolute Gasteiger partial charge is 0.368 e. The van der Waals surface area contributed by atoms with Crippen LogP contribution in [0.1, 0.15) is 19.8 Å². The van der Waals surface area contributed by atoms with Crippen molar-refractivity contribution in [3.8, 4) is 0 Å². The van der Waals surface area contributed by atoms with Gasteiger partial charge >= 0.3 is 0 Å². The van der Waals surface area contributed by atoms with E-state index in [0.29, 0.717) is 0 Å². The first-order chi connectivity index (χ1) is 8.97. The molecular formula is C11H19N5O2S. The predicted octanol–water partition coefficient (Wildman–Crippen LogP) is -0.179. The molecule has 1 fully saturated rings. The Bertz CT molecular complexity index is 510. The normalized spacial score (nSPS) is 18.6. The summed E-state index contributed by atoms with van der Waals surface area (Å²) in [6, 6.07) is -0.152. The molecule has 0 aliphatic carbocycles. The maximum absolute atomic E-state index is 12.1. The summed E-state index contributed by atoms with van der Waals surface area (Å²) in [5.74, 6) is 0.0593. The van der Waals surface area contributed by atoms with E-state index in [2.05, 4.69) is 19.6 Å². The number of likely N-dealkylation sites (tertiary alicyclic amines) is 1. The van der Waals surface area contributed by atoms with E-state index in [1.165, 1.54) is 25.2 Å². The highest BCUT2D eigenvalue weighted by Gasteiger charge is 2.21. The third-order valence-electron chi connectivity index (χ3n) is 3.05. The number of aromatic nitrogens is 2. The zero-order valence-electron chi connectivity index (χ0n) is 10.9. The molecule has 0 radical (unpaired) electrons. The molecule has 2 heterocycles. The van der Waals surface area contributed by atoms with Gasteiger partial charge in [0.1, 0.15) is 4.90 Å². The molecule has 7 nitrogen and oxygen atoms in total. The molecule has 1 aromatic rings. The molecule has 0 saturated carbocycles. The molecule has 106 valence electrons. The fourth-order valence-corrected chi connectivity index (χ4v) is 3.31. The number of rotatable bonds is 5. The summed E-state index contributed by atoms with van der Waals surface area (Å²) < 4.78 is 26.8. The Morgan fingerprint density at radius 2 is 1.95 bits per heavy atom. The van der Waals surface area contributed by atoms with Gasteiger partial charge in [-0.15, -0.1) is 0 Å². The van der Waals surface area contributed by atoms with Crippen molar-refractivity contribution in [2.45, 2.75) is 30.7 Å². The molecule has 1 unspecified atom stereocenters. The first-order valence-electron chi connectivity index (χ1n) is 6.29. The SMILES string of the molecule is CC(CN1CCCC1)NS(=O)(=O)c1cnc(N)nc1. The number of hydrogen-bond acceptors (Lipinski definition) is 6. The van der Waals surface area contributed by atoms with Crippen LogP contribution in [0.3, 0.4) is 0 Å². The van der Waals surface area contributed by atoms with Gasteiger partial charge < -0.3 is 10.6 Å². The van der Waals surface area contributed by atoms with Crippen LogP contribution in [0.2, 0.25) is 0 Å². The average molecular weight is 285 g/mol. The van der Waals surface area contributed by atoms with Gasteiger partial charge in [0, 0.05) is 12.6 Å². The van der Waals surface area contributed by atoms with Crippen molar-refractivity contribution in [2.24, 2.45) is 0 Å². The highest BCUT2D eigenvalue weighted by atomic mass is 32.2. The fraction of sp³-hybridized carbons (Fsp3) is 0.636. The van der Waals surface area contributed by atoms with E-state index in [1.807, 2.05) is 6.92 Å². The second kappa shape index (κ2) is 5.81. The van der Waals surface area contributed by atoms with Crippen molar-refractivity contribution in [1.82, 2.24) is 19.6 Å². The lowest BCUT2D eigenvalue weighted by molar-refractivity contribution is 0.312. The van der Waals surface area contributed by atoms with Crippen molar-refractivity contribution < 1.29 is 8.42 Å². The van der Waals surface area contributed by atoms with Crippen LogP contribution in [0.15, 0.2) is 17.3 Å². The highest BCUT2D eigenvalue weighted by molar-refractivity contribution is 7.89. The number of anilines is 1. The quantitative estimate of drug-likeness (QED) is 0.778. The summed E-state index contributed by atoms with van der Waals surface area (Å²) in [5.41, 5.74) is 5.34. The second-order valence-corrected chi connectivity index (χ2v) is 6.52. The highest BCUT2D eigenvalue weighted by Crippen LogP contribution is 2.10. The number of hydrogen-bond donors (Lipinski definition) is 2. The van der Waals surface area contributed by atoms with Crippen molar-refractivity contribution in [3.63, 3.8) is 0 Å². The number of nitrogens with one attached hydrogen (secondary N) is 1. The molecule has 19 heavy (non-hydrogen) atoms. The standard InChI is InChI=1S/C11H19N5O2S/c1-9(8-16-4-2-3-5-16)15-19(17,18)10-6-13-11(12)14-7-10/h6-7,9,15H,2-5,8H2,1H3,(H2,12,13,14). The van der Waals surface area contributed by atoms with Gasteiger partial charge in [-0.05, 0) is 32.9 Å². The van der Waals surface area contributed by atoms with Gasteiger partial charge in [-0.25, -0.2) is 23.1 Å². The Morgan fingerprint density at radius 3 is 2.53 bits per heavy atom. The topological polar surface area (TPSA) is 101 Å². The third-order valence-corrected chi connectivity index (χ3v) is 4.59. The summed E-state index contributed by atoms with van der Waals surface area (Å²) in [7, 11) is -3.58. The zero-order valence-corrected chi connectivity index (χ0v) is 11.7. The Kier molecular flexibility index (Phi) is 4.33. The molecule has 0 bridgehead atoms. The van der Waals surface area contributed by atoms with Crippen LogP contribution in [0.4, 0.5) is 5.95 Å². The predicted molar refractivity (Wildman–Crippen MR) is 71.9 cm³/mol. The Morgan fingerprint density at radius 1 is 1.37 bits per heavy atom. The summed E-state index contributed by atoms with van der Waals surface area (Å²) >= 11 is 0. The number of sulfonamides is 1. The number of nitrogens with zero attached hydrogens (tertiary/aromatic N) is 3. The van der Waals surface area contributed by atoms with Crippen LogP contribution in [-0.4, -0.2) is 49.0 Å². The van der Waals surface area contributed by atoms with E-state index in [-0.39, 0.29) is 16.9 Å². The van der Waals surface area contributed by atoms with E-state index in [9.17, 15) is 8.42 Å². The van der Waals surface area contributed by atoms with Gasteiger partial charge in [-0.1, -0.05) is 0 Å². The average Bonchev–Trinajstić information content (AvgIpc) is 2.81. The minimum Gasteiger partial charge on any atom is -0.368 e. The molecule has 3 N–H and O–H groups in total. The van der Waals surface area contributed by atoms with Gasteiger partial charge in [-0.3, -0.25) is 0 Å². The number of nitrogen functional groups attached to an aromatic ring is 1. The van der Waals surface area contributed by atoms with E-state index < -0.39 is 10.0 Å². The Balaban J connectivity index is 1.98. The summed E-state index contributed by atoms with van der Waals surface area (Å²) in [5, 5.41) is 0. The third kappa shape index (κ3) is 3.85. The van der Waals surface area contributed by atoms with Crippen molar-refractivity contribution in [1.29, 1.82) is 0 Å². The van der Waals surface area contributed by atoms with Crippen molar-refractivity contribution >= 4 is 16.0 Å². The van der Waals surface area contributed by atoms with Gasteiger partial charge in [0.15, 0.2) is 0 Å². The van der Waals surface area contributed by atoms with Crippen LogP contribution in [0.25, 0.3) is 0 Å². The molecule has 0 aromatic carbocycles. The maximum Gasteiger partial charge on any atom is 0.243 e. The maximum atomic E-state index is 12.1. The monoisotopic (exact) mass is 285 g/mol. The van der Waals surface area contributed by atoms with Gasteiger partial charge in [0.25, 0.3) is 0 Å². The molecule has 2 rings (SSSR count). The minimum absolute atomic E-state index is 0.0370. The smallest absolute Gasteiger partial charge is 0.243 e. The van der Waals surface area contributed by atoms with E-state index >= 15 is 0 Å². The minimum atomic E-state index is -3.58. The molecule has 1 aromatic heterocycles. The molecule has 1 saturated heterocycles. The lowest BCUT2D eigenvalue weighted by atomic mass is 10.3. The lowest BCUT2D eigenvalue weighted by Gasteiger charge is -2.20. The van der Waals surface area contributed by atoms with E-state index in [0.717, 1.165) is 19.6 Å².